The molecule has 1 aromatic carbocycles. The first kappa shape index (κ1) is 16.9. The zero-order valence-corrected chi connectivity index (χ0v) is 14.9. The van der Waals surface area contributed by atoms with E-state index in [1.54, 1.807) is 0 Å². The summed E-state index contributed by atoms with van der Waals surface area (Å²) >= 11 is 0. The molecule has 1 aliphatic rings. The fourth-order valence-electron chi connectivity index (χ4n) is 3.89. The summed E-state index contributed by atoms with van der Waals surface area (Å²) in [6.45, 7) is 13.0. The quantitative estimate of drug-likeness (QED) is 0.780. The maximum absolute atomic E-state index is 12.4. The number of esters is 1. The first-order valence-electron chi connectivity index (χ1n) is 8.16. The number of fused-ring (bicyclic) bond motifs is 1. The summed E-state index contributed by atoms with van der Waals surface area (Å²) in [4.78, 5) is 14.7. The van der Waals surface area contributed by atoms with Gasteiger partial charge >= 0.3 is 5.97 Å². The van der Waals surface area contributed by atoms with Crippen LogP contribution in [-0.4, -0.2) is 24.7 Å². The Bertz CT molecular complexity index is 563. The predicted octanol–water partition coefficient (Wildman–Crippen LogP) is 4.28. The molecule has 1 aliphatic heterocycles. The molecule has 0 radical (unpaired) electrons. The van der Waals surface area contributed by atoms with Crippen molar-refractivity contribution in [3.8, 4) is 0 Å². The Balaban J connectivity index is 2.61. The first-order chi connectivity index (χ1) is 10.2. The molecule has 122 valence electrons. The highest BCUT2D eigenvalue weighted by Gasteiger charge is 2.43. The molecular formula is C19H29NO2. The van der Waals surface area contributed by atoms with E-state index in [-0.39, 0.29) is 23.5 Å². The summed E-state index contributed by atoms with van der Waals surface area (Å²) in [6, 6.07) is 6.31. The smallest absolute Gasteiger partial charge is 0.328 e. The van der Waals surface area contributed by atoms with E-state index in [4.69, 9.17) is 4.74 Å². The van der Waals surface area contributed by atoms with E-state index in [1.165, 1.54) is 23.9 Å². The van der Waals surface area contributed by atoms with Crippen LogP contribution in [0.1, 0.15) is 58.1 Å². The normalized spacial score (nSPS) is 21.5. The van der Waals surface area contributed by atoms with E-state index in [9.17, 15) is 4.79 Å². The lowest BCUT2D eigenvalue weighted by Crippen LogP contribution is -2.58. The van der Waals surface area contributed by atoms with E-state index in [0.29, 0.717) is 5.92 Å². The highest BCUT2D eigenvalue weighted by atomic mass is 16.5. The lowest BCUT2D eigenvalue weighted by Gasteiger charge is -2.51. The molecule has 2 atom stereocenters. The van der Waals surface area contributed by atoms with Crippen LogP contribution in [0.3, 0.4) is 0 Å². The van der Waals surface area contributed by atoms with Gasteiger partial charge in [-0.15, -0.1) is 0 Å². The highest BCUT2D eigenvalue weighted by Crippen LogP contribution is 2.45. The van der Waals surface area contributed by atoms with Crippen molar-refractivity contribution in [2.45, 2.75) is 65.5 Å². The molecule has 0 bridgehead atoms. The summed E-state index contributed by atoms with van der Waals surface area (Å²) in [5.74, 6) is 0.532. The Morgan fingerprint density at radius 1 is 1.36 bits per heavy atom. The topological polar surface area (TPSA) is 29.5 Å². The van der Waals surface area contributed by atoms with Crippen molar-refractivity contribution >= 4 is 11.7 Å². The molecule has 1 heterocycles. The molecule has 3 nitrogen and oxygen atoms in total. The van der Waals surface area contributed by atoms with Crippen molar-refractivity contribution in [3.05, 3.63) is 29.3 Å². The van der Waals surface area contributed by atoms with Crippen LogP contribution in [0.15, 0.2) is 18.2 Å². The SMILES string of the molecule is COC(=O)[C@@H](C(C)C)N1c2ccc(C)cc2[C@@H](C)CC1(C)C. The molecule has 0 N–H and O–H groups in total. The van der Waals surface area contributed by atoms with Crippen molar-refractivity contribution in [1.29, 1.82) is 0 Å². The van der Waals surface area contributed by atoms with Gasteiger partial charge in [0.15, 0.2) is 0 Å². The van der Waals surface area contributed by atoms with Crippen LogP contribution in [-0.2, 0) is 9.53 Å². The van der Waals surface area contributed by atoms with Crippen molar-refractivity contribution in [2.24, 2.45) is 5.92 Å². The van der Waals surface area contributed by atoms with Gasteiger partial charge in [0.1, 0.15) is 6.04 Å². The number of hydrogen-bond donors (Lipinski definition) is 0. The number of aryl methyl sites for hydroxylation is 1. The van der Waals surface area contributed by atoms with Crippen LogP contribution in [0.5, 0.6) is 0 Å². The maximum atomic E-state index is 12.4. The Morgan fingerprint density at radius 2 is 2.00 bits per heavy atom. The van der Waals surface area contributed by atoms with Gasteiger partial charge in [0.25, 0.3) is 0 Å². The van der Waals surface area contributed by atoms with Crippen molar-refractivity contribution in [2.75, 3.05) is 12.0 Å². The van der Waals surface area contributed by atoms with Gasteiger partial charge in [-0.25, -0.2) is 4.79 Å². The molecule has 0 unspecified atom stereocenters. The molecule has 0 fully saturated rings. The van der Waals surface area contributed by atoms with Crippen LogP contribution >= 0.6 is 0 Å². The lowest BCUT2D eigenvalue weighted by molar-refractivity contribution is -0.143. The van der Waals surface area contributed by atoms with Gasteiger partial charge in [-0.05, 0) is 50.7 Å². The van der Waals surface area contributed by atoms with Gasteiger partial charge < -0.3 is 9.64 Å². The standard InChI is InChI=1S/C19H29NO2/c1-12(2)17(18(21)22-7)20-16-9-8-13(3)10-15(16)14(4)11-19(20,5)6/h8-10,12,14,17H,11H2,1-7H3/t14-,17+/m0/s1. The van der Waals surface area contributed by atoms with Crippen molar-refractivity contribution in [3.63, 3.8) is 0 Å². The van der Waals surface area contributed by atoms with Gasteiger partial charge in [-0.3, -0.25) is 0 Å². The number of rotatable bonds is 3. The fourth-order valence-corrected chi connectivity index (χ4v) is 3.89. The first-order valence-corrected chi connectivity index (χ1v) is 8.16. The van der Waals surface area contributed by atoms with E-state index in [0.717, 1.165) is 6.42 Å². The molecule has 0 aromatic heterocycles. The van der Waals surface area contributed by atoms with E-state index in [2.05, 4.69) is 64.6 Å². The van der Waals surface area contributed by atoms with Gasteiger partial charge in [0.2, 0.25) is 0 Å². The molecule has 0 saturated heterocycles. The van der Waals surface area contributed by atoms with Gasteiger partial charge in [0.05, 0.1) is 7.11 Å². The third-order valence-corrected chi connectivity index (χ3v) is 4.78. The number of hydrogen-bond acceptors (Lipinski definition) is 3. The van der Waals surface area contributed by atoms with Crippen LogP contribution < -0.4 is 4.90 Å². The minimum Gasteiger partial charge on any atom is -0.467 e. The molecule has 0 amide bonds. The number of methoxy groups -OCH3 is 1. The predicted molar refractivity (Wildman–Crippen MR) is 91.4 cm³/mol. The molecule has 22 heavy (non-hydrogen) atoms. The number of anilines is 1. The minimum absolute atomic E-state index is 0.0786. The Kier molecular flexibility index (Phi) is 4.55. The van der Waals surface area contributed by atoms with Crippen LogP contribution in [0.25, 0.3) is 0 Å². The van der Waals surface area contributed by atoms with E-state index >= 15 is 0 Å². The van der Waals surface area contributed by atoms with Crippen LogP contribution in [0.4, 0.5) is 5.69 Å². The van der Waals surface area contributed by atoms with Gasteiger partial charge in [-0.2, -0.15) is 0 Å². The molecule has 3 heteroatoms. The zero-order valence-electron chi connectivity index (χ0n) is 14.9. The maximum Gasteiger partial charge on any atom is 0.328 e. The summed E-state index contributed by atoms with van der Waals surface area (Å²) in [7, 11) is 1.48. The van der Waals surface area contributed by atoms with Crippen molar-refractivity contribution in [1.82, 2.24) is 0 Å². The Hall–Kier alpha value is -1.51. The molecule has 2 rings (SSSR count). The molecule has 1 aromatic rings. The summed E-state index contributed by atoms with van der Waals surface area (Å²) in [6.07, 6.45) is 1.03. The molecule has 0 aliphatic carbocycles. The van der Waals surface area contributed by atoms with Crippen LogP contribution in [0.2, 0.25) is 0 Å². The average molecular weight is 303 g/mol. The largest absolute Gasteiger partial charge is 0.467 e. The zero-order chi connectivity index (χ0) is 16.7. The third kappa shape index (κ3) is 2.86. The van der Waals surface area contributed by atoms with Crippen molar-refractivity contribution < 1.29 is 9.53 Å². The number of carbonyl (C=O) groups is 1. The second kappa shape index (κ2) is 5.94. The number of carbonyl (C=O) groups excluding carboxylic acids is 1. The summed E-state index contributed by atoms with van der Waals surface area (Å²) in [5, 5.41) is 0. The summed E-state index contributed by atoms with van der Waals surface area (Å²) < 4.78 is 5.11. The minimum atomic E-state index is -0.256. The number of nitrogens with zero attached hydrogens (tertiary/aromatic N) is 1. The van der Waals surface area contributed by atoms with Gasteiger partial charge in [0, 0.05) is 11.2 Å². The van der Waals surface area contributed by atoms with Crippen LogP contribution in [0, 0.1) is 12.8 Å². The monoisotopic (exact) mass is 303 g/mol. The molecular weight excluding hydrogens is 274 g/mol. The van der Waals surface area contributed by atoms with E-state index < -0.39 is 0 Å². The lowest BCUT2D eigenvalue weighted by atomic mass is 9.77. The number of benzene rings is 1. The Labute approximate surface area is 134 Å². The second-order valence-electron chi connectivity index (χ2n) is 7.56. The highest BCUT2D eigenvalue weighted by molar-refractivity contribution is 5.82. The second-order valence-corrected chi connectivity index (χ2v) is 7.56. The summed E-state index contributed by atoms with van der Waals surface area (Å²) in [5.41, 5.74) is 3.71. The Morgan fingerprint density at radius 3 is 2.55 bits per heavy atom. The van der Waals surface area contributed by atoms with Gasteiger partial charge in [-0.1, -0.05) is 38.5 Å². The number of ether oxygens (including phenoxy) is 1. The third-order valence-electron chi connectivity index (χ3n) is 4.78. The average Bonchev–Trinajstić information content (AvgIpc) is 2.42. The van der Waals surface area contributed by atoms with E-state index in [1.807, 2.05) is 0 Å². The molecule has 0 saturated carbocycles. The molecule has 0 spiro atoms. The fraction of sp³-hybridized carbons (Fsp3) is 0.632.